The Bertz CT molecular complexity index is 576. The van der Waals surface area contributed by atoms with Crippen LogP contribution in [0.2, 0.25) is 0 Å². The van der Waals surface area contributed by atoms with Crippen molar-refractivity contribution in [3.05, 3.63) is 23.1 Å². The lowest BCUT2D eigenvalue weighted by molar-refractivity contribution is 0.384. The van der Waals surface area contributed by atoms with Gasteiger partial charge in [0.1, 0.15) is 0 Å². The molecule has 2 aromatic heterocycles. The fourth-order valence-electron chi connectivity index (χ4n) is 2.11. The molecule has 6 heteroatoms. The Hall–Kier alpha value is -1.30. The average molecular weight is 308 g/mol. The third-order valence-electron chi connectivity index (χ3n) is 3.47. The molecule has 21 heavy (non-hydrogen) atoms. The van der Waals surface area contributed by atoms with Crippen LogP contribution >= 0.6 is 11.8 Å². The second kappa shape index (κ2) is 7.64. The van der Waals surface area contributed by atoms with E-state index in [0.29, 0.717) is 11.6 Å². The molecule has 0 aliphatic heterocycles. The first-order chi connectivity index (χ1) is 10.2. The van der Waals surface area contributed by atoms with E-state index in [1.54, 1.807) is 11.8 Å². The number of aryl methyl sites for hydroxylation is 2. The van der Waals surface area contributed by atoms with Gasteiger partial charge >= 0.3 is 0 Å². The number of nitrogens with zero attached hydrogens (tertiary/aromatic N) is 4. The summed E-state index contributed by atoms with van der Waals surface area (Å²) in [7, 11) is 0. The largest absolute Gasteiger partial charge is 0.338 e. The van der Waals surface area contributed by atoms with E-state index in [0.717, 1.165) is 36.1 Å². The highest BCUT2D eigenvalue weighted by molar-refractivity contribution is 7.98. The average Bonchev–Trinajstić information content (AvgIpc) is 3.02. The standard InChI is InChI=1S/C15H24N4OS/c1-5-7-9-19-12(4)11(3)16-15(19)21-10-14-17-13(8-6-2)18-20-14/h5-10H2,1-4H3. The Labute approximate surface area is 130 Å². The van der Waals surface area contributed by atoms with Crippen molar-refractivity contribution in [1.82, 2.24) is 19.7 Å². The number of hydrogen-bond acceptors (Lipinski definition) is 5. The summed E-state index contributed by atoms with van der Waals surface area (Å²) in [6.45, 7) is 9.54. The summed E-state index contributed by atoms with van der Waals surface area (Å²) < 4.78 is 7.58. The van der Waals surface area contributed by atoms with Crippen molar-refractivity contribution in [3.8, 4) is 0 Å². The van der Waals surface area contributed by atoms with Crippen LogP contribution in [0.5, 0.6) is 0 Å². The highest BCUT2D eigenvalue weighted by Gasteiger charge is 2.13. The van der Waals surface area contributed by atoms with Gasteiger partial charge in [0.2, 0.25) is 5.89 Å². The quantitative estimate of drug-likeness (QED) is 0.692. The molecule has 0 radical (unpaired) electrons. The predicted molar refractivity (Wildman–Crippen MR) is 84.5 cm³/mol. The minimum atomic E-state index is 0.679. The molecule has 2 heterocycles. The van der Waals surface area contributed by atoms with Gasteiger partial charge in [-0.15, -0.1) is 0 Å². The lowest BCUT2D eigenvalue weighted by Crippen LogP contribution is -2.02. The maximum absolute atomic E-state index is 5.28. The SMILES string of the molecule is CCCCn1c(SCc2nc(CCC)no2)nc(C)c1C. The van der Waals surface area contributed by atoms with Crippen molar-refractivity contribution in [1.29, 1.82) is 0 Å². The van der Waals surface area contributed by atoms with Crippen LogP contribution in [0.1, 0.15) is 56.2 Å². The van der Waals surface area contributed by atoms with Gasteiger partial charge in [0.05, 0.1) is 11.4 Å². The molecule has 0 atom stereocenters. The second-order valence-corrected chi connectivity index (χ2v) is 6.16. The van der Waals surface area contributed by atoms with Gasteiger partial charge in [-0.1, -0.05) is 37.2 Å². The second-order valence-electron chi connectivity index (χ2n) is 5.21. The van der Waals surface area contributed by atoms with Crippen molar-refractivity contribution in [3.63, 3.8) is 0 Å². The summed E-state index contributed by atoms with van der Waals surface area (Å²) in [5.41, 5.74) is 2.36. The Morgan fingerprint density at radius 1 is 1.14 bits per heavy atom. The van der Waals surface area contributed by atoms with E-state index in [1.807, 2.05) is 0 Å². The minimum absolute atomic E-state index is 0.679. The molecule has 0 unspecified atom stereocenters. The summed E-state index contributed by atoms with van der Waals surface area (Å²) in [5.74, 6) is 2.16. The lowest BCUT2D eigenvalue weighted by atomic mass is 10.3. The van der Waals surface area contributed by atoms with Gasteiger partial charge in [-0.25, -0.2) is 4.98 Å². The Kier molecular flexibility index (Phi) is 5.85. The molecule has 2 aromatic rings. The van der Waals surface area contributed by atoms with Crippen LogP contribution in [-0.2, 0) is 18.7 Å². The van der Waals surface area contributed by atoms with Gasteiger partial charge in [0.15, 0.2) is 11.0 Å². The summed E-state index contributed by atoms with van der Waals surface area (Å²) in [4.78, 5) is 9.06. The summed E-state index contributed by atoms with van der Waals surface area (Å²) in [6.07, 6.45) is 4.26. The van der Waals surface area contributed by atoms with Crippen molar-refractivity contribution < 1.29 is 4.52 Å². The van der Waals surface area contributed by atoms with E-state index in [4.69, 9.17) is 4.52 Å². The number of unbranched alkanes of at least 4 members (excludes halogenated alkanes) is 1. The van der Waals surface area contributed by atoms with Crippen LogP contribution in [0.25, 0.3) is 0 Å². The van der Waals surface area contributed by atoms with Crippen molar-refractivity contribution in [2.45, 2.75) is 70.8 Å². The minimum Gasteiger partial charge on any atom is -0.338 e. The molecular weight excluding hydrogens is 284 g/mol. The molecule has 0 aliphatic carbocycles. The highest BCUT2D eigenvalue weighted by atomic mass is 32.2. The summed E-state index contributed by atoms with van der Waals surface area (Å²) in [5, 5.41) is 5.04. The zero-order valence-electron chi connectivity index (χ0n) is 13.3. The molecule has 0 N–H and O–H groups in total. The fraction of sp³-hybridized carbons (Fsp3) is 0.667. The molecule has 0 bridgehead atoms. The van der Waals surface area contributed by atoms with Crippen LogP contribution in [0.4, 0.5) is 0 Å². The highest BCUT2D eigenvalue weighted by Crippen LogP contribution is 2.24. The van der Waals surface area contributed by atoms with E-state index in [-0.39, 0.29) is 0 Å². The molecule has 5 nitrogen and oxygen atoms in total. The first-order valence-corrected chi connectivity index (χ1v) is 8.62. The van der Waals surface area contributed by atoms with Crippen LogP contribution in [0.15, 0.2) is 9.68 Å². The van der Waals surface area contributed by atoms with Gasteiger partial charge in [0, 0.05) is 18.7 Å². The maximum Gasteiger partial charge on any atom is 0.237 e. The molecular formula is C15H24N4OS. The normalized spacial score (nSPS) is 11.2. The summed E-state index contributed by atoms with van der Waals surface area (Å²) >= 11 is 1.67. The molecule has 2 rings (SSSR count). The van der Waals surface area contributed by atoms with Crippen molar-refractivity contribution in [2.24, 2.45) is 0 Å². The summed E-state index contributed by atoms with van der Waals surface area (Å²) in [6, 6.07) is 0. The number of imidazole rings is 1. The van der Waals surface area contributed by atoms with Gasteiger partial charge in [-0.05, 0) is 26.7 Å². The zero-order chi connectivity index (χ0) is 15.2. The molecule has 116 valence electrons. The van der Waals surface area contributed by atoms with Gasteiger partial charge in [0.25, 0.3) is 0 Å². The van der Waals surface area contributed by atoms with Crippen molar-refractivity contribution >= 4 is 11.8 Å². The smallest absolute Gasteiger partial charge is 0.237 e. The van der Waals surface area contributed by atoms with E-state index < -0.39 is 0 Å². The van der Waals surface area contributed by atoms with Gasteiger partial charge in [-0.3, -0.25) is 0 Å². The number of aromatic nitrogens is 4. The molecule has 0 spiro atoms. The molecule has 0 aliphatic rings. The third-order valence-corrected chi connectivity index (χ3v) is 4.43. The van der Waals surface area contributed by atoms with E-state index in [9.17, 15) is 0 Å². The Morgan fingerprint density at radius 2 is 1.95 bits per heavy atom. The van der Waals surface area contributed by atoms with E-state index in [2.05, 4.69) is 47.4 Å². The fourth-order valence-corrected chi connectivity index (χ4v) is 3.07. The van der Waals surface area contributed by atoms with Gasteiger partial charge in [-0.2, -0.15) is 4.98 Å². The molecule has 0 saturated heterocycles. The maximum atomic E-state index is 5.28. The van der Waals surface area contributed by atoms with Crippen LogP contribution < -0.4 is 0 Å². The molecule has 0 aromatic carbocycles. The number of hydrogen-bond donors (Lipinski definition) is 0. The monoisotopic (exact) mass is 308 g/mol. The van der Waals surface area contributed by atoms with E-state index >= 15 is 0 Å². The predicted octanol–water partition coefficient (Wildman–Crippen LogP) is 3.93. The third kappa shape index (κ3) is 4.09. The topological polar surface area (TPSA) is 56.7 Å². The van der Waals surface area contributed by atoms with Crippen LogP contribution in [0, 0.1) is 13.8 Å². The van der Waals surface area contributed by atoms with Crippen molar-refractivity contribution in [2.75, 3.05) is 0 Å². The first-order valence-electron chi connectivity index (χ1n) is 7.63. The Morgan fingerprint density at radius 3 is 2.67 bits per heavy atom. The number of rotatable bonds is 8. The van der Waals surface area contributed by atoms with E-state index in [1.165, 1.54) is 18.5 Å². The van der Waals surface area contributed by atoms with Crippen LogP contribution in [0.3, 0.4) is 0 Å². The molecule has 0 fully saturated rings. The first kappa shape index (κ1) is 16.1. The molecule has 0 amide bonds. The molecule has 0 saturated carbocycles. The Balaban J connectivity index is 2.03. The van der Waals surface area contributed by atoms with Gasteiger partial charge < -0.3 is 9.09 Å². The zero-order valence-corrected chi connectivity index (χ0v) is 14.2. The van der Waals surface area contributed by atoms with Crippen LogP contribution in [-0.4, -0.2) is 19.7 Å². The number of thioether (sulfide) groups is 1. The lowest BCUT2D eigenvalue weighted by Gasteiger charge is -2.08.